The molecule has 0 bridgehead atoms. The Labute approximate surface area is 166 Å². The van der Waals surface area contributed by atoms with E-state index in [4.69, 9.17) is 17.6 Å². The summed E-state index contributed by atoms with van der Waals surface area (Å²) in [5, 5.41) is 24.6. The maximum absolute atomic E-state index is 13.1. The van der Waals surface area contributed by atoms with Crippen molar-refractivity contribution in [3.05, 3.63) is 87.1 Å². The van der Waals surface area contributed by atoms with Gasteiger partial charge in [-0.2, -0.15) is 0 Å². The molecule has 140 valence electrons. The summed E-state index contributed by atoms with van der Waals surface area (Å²) >= 11 is 5.30. The van der Waals surface area contributed by atoms with Crippen LogP contribution in [0.5, 0.6) is 0 Å². The van der Waals surface area contributed by atoms with Crippen LogP contribution in [0.25, 0.3) is 0 Å². The molecule has 3 rings (SSSR count). The maximum atomic E-state index is 13.1. The van der Waals surface area contributed by atoms with Gasteiger partial charge in [-0.1, -0.05) is 42.5 Å². The summed E-state index contributed by atoms with van der Waals surface area (Å²) < 4.78 is 0. The third-order valence-corrected chi connectivity index (χ3v) is 4.67. The van der Waals surface area contributed by atoms with Crippen molar-refractivity contribution in [2.45, 2.75) is 12.8 Å². The Kier molecular flexibility index (Phi) is 5.44. The number of allylic oxidation sites excluding steroid dienone is 1. The van der Waals surface area contributed by atoms with Gasteiger partial charge in [0.05, 0.1) is 16.4 Å². The van der Waals surface area contributed by atoms with E-state index in [1.807, 2.05) is 6.07 Å². The van der Waals surface area contributed by atoms with Gasteiger partial charge in [-0.05, 0) is 30.5 Å². The summed E-state index contributed by atoms with van der Waals surface area (Å²) in [6.07, 6.45) is 0. The van der Waals surface area contributed by atoms with E-state index in [1.165, 1.54) is 12.1 Å². The van der Waals surface area contributed by atoms with Gasteiger partial charge in [0, 0.05) is 29.1 Å². The lowest BCUT2D eigenvalue weighted by Crippen LogP contribution is -2.36. The highest BCUT2D eigenvalue weighted by Gasteiger charge is 2.35. The zero-order valence-corrected chi connectivity index (χ0v) is 15.7. The van der Waals surface area contributed by atoms with E-state index >= 15 is 0 Å². The zero-order chi connectivity index (χ0) is 20.3. The molecule has 28 heavy (non-hydrogen) atoms. The third-order valence-electron chi connectivity index (χ3n) is 4.35. The predicted molar refractivity (Wildman–Crippen MR) is 111 cm³/mol. The average Bonchev–Trinajstić information content (AvgIpc) is 2.68. The summed E-state index contributed by atoms with van der Waals surface area (Å²) in [7, 11) is 0. The lowest BCUT2D eigenvalue weighted by Gasteiger charge is -2.29. The summed E-state index contributed by atoms with van der Waals surface area (Å²) in [6, 6.07) is 14.9. The molecule has 1 aliphatic heterocycles. The van der Waals surface area contributed by atoms with Crippen molar-refractivity contribution in [2.75, 3.05) is 5.32 Å². The molecular weight excluding hydrogens is 376 g/mol. The van der Waals surface area contributed by atoms with Crippen molar-refractivity contribution in [3.63, 3.8) is 0 Å². The van der Waals surface area contributed by atoms with Gasteiger partial charge in [-0.25, -0.2) is 0 Å². The maximum Gasteiger partial charge on any atom is 0.269 e. The molecule has 2 aromatic rings. The fourth-order valence-electron chi connectivity index (χ4n) is 3.10. The standard InChI is InChI=1S/C20H16N4O3S/c1-12-17(19(25)23-14-7-3-2-4-8-14)18(16(11-21)20(28)22-12)13-6-5-9-15(10-13)24(26)27/h2-10,18,21H,1H3,(H,22,28)(H,23,25). The molecule has 0 radical (unpaired) electrons. The molecule has 7 nitrogen and oxygen atoms in total. The molecule has 0 saturated heterocycles. The number of benzene rings is 2. The minimum atomic E-state index is -0.741. The second-order valence-corrected chi connectivity index (χ2v) is 6.54. The summed E-state index contributed by atoms with van der Waals surface area (Å²) in [6.45, 7) is 1.71. The Hall–Kier alpha value is -3.61. The first-order valence-corrected chi connectivity index (χ1v) is 8.75. The number of nitrogens with one attached hydrogen (secondary N) is 3. The largest absolute Gasteiger partial charge is 0.349 e. The van der Waals surface area contributed by atoms with Crippen LogP contribution in [0.1, 0.15) is 18.4 Å². The quantitative estimate of drug-likeness (QED) is 0.242. The SMILES string of the molecule is CC1=C(C(=O)Nc2ccccc2)C(c2cccc([N+](=O)[O-])c2)C(=C=N)C(=S)N1. The fourth-order valence-corrected chi connectivity index (χ4v) is 3.42. The molecule has 0 aliphatic carbocycles. The van der Waals surface area contributed by atoms with Gasteiger partial charge in [0.2, 0.25) is 0 Å². The Bertz CT molecular complexity index is 1060. The second-order valence-electron chi connectivity index (χ2n) is 6.14. The van der Waals surface area contributed by atoms with Crippen molar-refractivity contribution in [1.82, 2.24) is 5.32 Å². The average molecular weight is 392 g/mol. The molecule has 1 aliphatic rings. The summed E-state index contributed by atoms with van der Waals surface area (Å²) in [4.78, 5) is 24.0. The number of para-hydroxylation sites is 1. The Morgan fingerprint density at radius 2 is 1.96 bits per heavy atom. The first-order chi connectivity index (χ1) is 13.4. The number of thiocarbonyl (C=S) groups is 1. The lowest BCUT2D eigenvalue weighted by molar-refractivity contribution is -0.384. The molecular formula is C20H16N4O3S. The molecule has 2 aromatic carbocycles. The highest BCUT2D eigenvalue weighted by Crippen LogP contribution is 2.37. The molecule has 3 N–H and O–H groups in total. The molecule has 1 unspecified atom stereocenters. The number of nitro groups is 1. The van der Waals surface area contributed by atoms with E-state index in [-0.39, 0.29) is 22.2 Å². The van der Waals surface area contributed by atoms with Gasteiger partial charge in [-0.15, -0.1) is 0 Å². The van der Waals surface area contributed by atoms with Gasteiger partial charge < -0.3 is 10.6 Å². The van der Waals surface area contributed by atoms with Crippen molar-refractivity contribution in [3.8, 4) is 0 Å². The molecule has 0 saturated carbocycles. The minimum Gasteiger partial charge on any atom is -0.349 e. The van der Waals surface area contributed by atoms with Crippen LogP contribution < -0.4 is 10.6 Å². The van der Waals surface area contributed by atoms with E-state index in [0.29, 0.717) is 22.5 Å². The summed E-state index contributed by atoms with van der Waals surface area (Å²) in [5.74, 6) is 1.17. The fraction of sp³-hybridized carbons (Fsp3) is 0.100. The Morgan fingerprint density at radius 3 is 2.61 bits per heavy atom. The second kappa shape index (κ2) is 7.96. The van der Waals surface area contributed by atoms with Crippen molar-refractivity contribution in [2.24, 2.45) is 0 Å². The highest BCUT2D eigenvalue weighted by atomic mass is 32.1. The monoisotopic (exact) mass is 392 g/mol. The summed E-state index contributed by atoms with van der Waals surface area (Å²) in [5.41, 5.74) is 2.12. The number of nitro benzene ring substituents is 1. The van der Waals surface area contributed by atoms with Gasteiger partial charge in [0.15, 0.2) is 0 Å². The van der Waals surface area contributed by atoms with Crippen LogP contribution in [-0.4, -0.2) is 21.7 Å². The Morgan fingerprint density at radius 1 is 1.25 bits per heavy atom. The number of hydrogen-bond donors (Lipinski definition) is 3. The van der Waals surface area contributed by atoms with Crippen molar-refractivity contribution in [1.29, 1.82) is 5.41 Å². The first kappa shape index (κ1) is 19.2. The first-order valence-electron chi connectivity index (χ1n) is 8.35. The van der Waals surface area contributed by atoms with Crippen LogP contribution >= 0.6 is 12.2 Å². The van der Waals surface area contributed by atoms with E-state index < -0.39 is 10.8 Å². The lowest BCUT2D eigenvalue weighted by atomic mass is 9.81. The number of carbonyl (C=O) groups is 1. The number of rotatable bonds is 4. The van der Waals surface area contributed by atoms with E-state index in [0.717, 1.165) is 0 Å². The molecule has 1 heterocycles. The van der Waals surface area contributed by atoms with Crippen LogP contribution in [0.2, 0.25) is 0 Å². The molecule has 0 spiro atoms. The topological polar surface area (TPSA) is 108 Å². The normalized spacial score (nSPS) is 16.2. The number of amides is 1. The number of hydrogen-bond acceptors (Lipinski definition) is 5. The molecule has 0 fully saturated rings. The number of nitrogens with zero attached hydrogens (tertiary/aromatic N) is 1. The number of non-ortho nitro benzene ring substituents is 1. The van der Waals surface area contributed by atoms with E-state index in [9.17, 15) is 14.9 Å². The van der Waals surface area contributed by atoms with Gasteiger partial charge in [-0.3, -0.25) is 20.3 Å². The van der Waals surface area contributed by atoms with Crippen molar-refractivity contribution < 1.29 is 9.72 Å². The van der Waals surface area contributed by atoms with E-state index in [1.54, 1.807) is 43.3 Å². The zero-order valence-electron chi connectivity index (χ0n) is 14.9. The van der Waals surface area contributed by atoms with Crippen molar-refractivity contribution >= 4 is 40.4 Å². The van der Waals surface area contributed by atoms with Crippen LogP contribution in [0.4, 0.5) is 11.4 Å². The highest BCUT2D eigenvalue weighted by molar-refractivity contribution is 7.80. The van der Waals surface area contributed by atoms with Gasteiger partial charge >= 0.3 is 0 Å². The molecule has 0 aromatic heterocycles. The minimum absolute atomic E-state index is 0.105. The third kappa shape index (κ3) is 3.73. The van der Waals surface area contributed by atoms with Gasteiger partial charge in [0.25, 0.3) is 11.6 Å². The van der Waals surface area contributed by atoms with Crippen LogP contribution in [0.3, 0.4) is 0 Å². The number of carbonyl (C=O) groups excluding carboxylic acids is 1. The molecule has 8 heteroatoms. The van der Waals surface area contributed by atoms with E-state index in [2.05, 4.69) is 16.5 Å². The van der Waals surface area contributed by atoms with Crippen LogP contribution in [0, 0.1) is 15.5 Å². The van der Waals surface area contributed by atoms with Crippen LogP contribution in [0.15, 0.2) is 71.4 Å². The van der Waals surface area contributed by atoms with Crippen LogP contribution in [-0.2, 0) is 4.79 Å². The smallest absolute Gasteiger partial charge is 0.269 e. The Balaban J connectivity index is 2.11. The number of anilines is 1. The predicted octanol–water partition coefficient (Wildman–Crippen LogP) is 3.70. The van der Waals surface area contributed by atoms with Gasteiger partial charge in [0.1, 0.15) is 4.99 Å². The molecule has 1 amide bonds. The molecule has 1 atom stereocenters.